The molecule has 0 fully saturated rings. The van der Waals surface area contributed by atoms with Gasteiger partial charge in [-0.05, 0) is 64.6 Å². The van der Waals surface area contributed by atoms with Gasteiger partial charge in [-0.1, -0.05) is 23.2 Å². The van der Waals surface area contributed by atoms with Gasteiger partial charge in [0.2, 0.25) is 0 Å². The van der Waals surface area contributed by atoms with Gasteiger partial charge in [-0.25, -0.2) is 19.0 Å². The molecule has 3 aromatic heterocycles. The summed E-state index contributed by atoms with van der Waals surface area (Å²) < 4.78 is 23.2. The average molecular weight is 589 g/mol. The molecule has 40 heavy (non-hydrogen) atoms. The van der Waals surface area contributed by atoms with E-state index in [9.17, 15) is 14.0 Å². The molecule has 1 N–H and O–H groups in total. The van der Waals surface area contributed by atoms with E-state index in [1.165, 1.54) is 12.3 Å². The molecule has 10 nitrogen and oxygen atoms in total. The quantitative estimate of drug-likeness (QED) is 0.306. The topological polar surface area (TPSA) is 105 Å². The molecule has 0 amide bonds. The first-order chi connectivity index (χ1) is 18.9. The number of hydrogen-bond donors (Lipinski definition) is 1. The summed E-state index contributed by atoms with van der Waals surface area (Å²) in [5.41, 5.74) is -0.0221. The van der Waals surface area contributed by atoms with E-state index >= 15 is 0 Å². The number of nitrogens with one attached hydrogen (secondary N) is 1. The number of ether oxygens (including phenoxy) is 1. The van der Waals surface area contributed by atoms with Gasteiger partial charge in [-0.3, -0.25) is 4.68 Å². The van der Waals surface area contributed by atoms with Gasteiger partial charge in [0, 0.05) is 40.7 Å². The summed E-state index contributed by atoms with van der Waals surface area (Å²) in [5, 5.41) is 7.57. The molecule has 1 aromatic carbocycles. The molecular formula is C27H27Cl2FN6O4. The first kappa shape index (κ1) is 27.7. The predicted octanol–water partition coefficient (Wildman–Crippen LogP) is 5.53. The molecule has 0 radical (unpaired) electrons. The highest BCUT2D eigenvalue weighted by Crippen LogP contribution is 2.33. The van der Waals surface area contributed by atoms with Gasteiger partial charge in [-0.2, -0.15) is 9.67 Å². The molecule has 4 aromatic rings. The fraction of sp³-hybridized carbons (Fsp3) is 0.333. The van der Waals surface area contributed by atoms with E-state index in [1.54, 1.807) is 40.0 Å². The molecule has 0 bridgehead atoms. The van der Waals surface area contributed by atoms with Crippen molar-refractivity contribution in [3.63, 3.8) is 0 Å². The number of fused-ring (bicyclic) bond motifs is 1. The zero-order valence-corrected chi connectivity index (χ0v) is 23.7. The van der Waals surface area contributed by atoms with Crippen molar-refractivity contribution in [3.05, 3.63) is 81.0 Å². The van der Waals surface area contributed by atoms with Gasteiger partial charge in [0.05, 0.1) is 17.3 Å². The lowest BCUT2D eigenvalue weighted by Crippen LogP contribution is -2.36. The summed E-state index contributed by atoms with van der Waals surface area (Å²) in [5.74, 6) is -0.690. The smallest absolute Gasteiger partial charge is 0.424 e. The van der Waals surface area contributed by atoms with Crippen LogP contribution in [0.15, 0.2) is 53.9 Å². The Labute approximate surface area is 238 Å². The minimum atomic E-state index is -0.982. The fourth-order valence-corrected chi connectivity index (χ4v) is 5.07. The summed E-state index contributed by atoms with van der Waals surface area (Å²) in [7, 11) is 0. The second-order valence-corrected chi connectivity index (χ2v) is 11.1. The predicted molar refractivity (Wildman–Crippen MR) is 149 cm³/mol. The number of carbonyl (C=O) groups excluding carboxylic acids is 1. The maximum atomic E-state index is 14.2. The van der Waals surface area contributed by atoms with Gasteiger partial charge in [0.1, 0.15) is 16.9 Å². The van der Waals surface area contributed by atoms with Gasteiger partial charge < -0.3 is 14.9 Å². The lowest BCUT2D eigenvalue weighted by molar-refractivity contribution is 0.0402. The summed E-state index contributed by atoms with van der Waals surface area (Å²) >= 11 is 12.5. The standard InChI is InChI=1S/C27H27Cl2FN6O4/c1-15(22-19(28)5-6-20(30)23(22)29)40-36-21-11-16(17-13-33-34(14-17)18-7-9-31-10-8-18)12-32-24(21)35(25(36)37)26(38)39-27(2,3)4/h5-7,9,11-15,18,31H,8,10H2,1-4H3. The minimum absolute atomic E-state index is 0.0142. The molecule has 1 aliphatic rings. The van der Waals surface area contributed by atoms with E-state index in [0.29, 0.717) is 5.56 Å². The fourth-order valence-electron chi connectivity index (χ4n) is 4.39. The van der Waals surface area contributed by atoms with Crippen molar-refractivity contribution in [3.8, 4) is 11.1 Å². The van der Waals surface area contributed by atoms with Crippen LogP contribution in [0.25, 0.3) is 22.3 Å². The minimum Gasteiger partial charge on any atom is -0.443 e. The summed E-state index contributed by atoms with van der Waals surface area (Å²) in [6.45, 7) is 7.44. The first-order valence-electron chi connectivity index (χ1n) is 12.6. The Bertz CT molecular complexity index is 1690. The molecule has 0 saturated carbocycles. The van der Waals surface area contributed by atoms with Gasteiger partial charge in [0.15, 0.2) is 11.8 Å². The van der Waals surface area contributed by atoms with Crippen molar-refractivity contribution in [2.24, 2.45) is 0 Å². The van der Waals surface area contributed by atoms with Gasteiger partial charge in [-0.15, -0.1) is 4.73 Å². The SMILES string of the molecule is CC(On1c(=O)n(C(=O)OC(C)(C)C)c2ncc(-c3cnn(C4C=CNCC4)c3)cc21)c1c(Cl)ccc(F)c1Cl. The number of nitrogens with zero attached hydrogens (tertiary/aromatic N) is 5. The number of rotatable bonds is 5. The van der Waals surface area contributed by atoms with Gasteiger partial charge in [0.25, 0.3) is 0 Å². The van der Waals surface area contributed by atoms with Crippen LogP contribution in [0.5, 0.6) is 0 Å². The van der Waals surface area contributed by atoms with Crippen molar-refractivity contribution in [2.45, 2.75) is 51.9 Å². The van der Waals surface area contributed by atoms with E-state index < -0.39 is 29.3 Å². The van der Waals surface area contributed by atoms with Crippen molar-refractivity contribution in [1.82, 2.24) is 29.4 Å². The van der Waals surface area contributed by atoms with Crippen LogP contribution in [-0.4, -0.2) is 42.3 Å². The highest BCUT2D eigenvalue weighted by molar-refractivity contribution is 6.36. The molecule has 2 atom stereocenters. The summed E-state index contributed by atoms with van der Waals surface area (Å²) in [4.78, 5) is 37.0. The van der Waals surface area contributed by atoms with Crippen LogP contribution in [0.3, 0.4) is 0 Å². The number of hydrogen-bond acceptors (Lipinski definition) is 7. The van der Waals surface area contributed by atoms with E-state index in [0.717, 1.165) is 33.9 Å². The Morgan fingerprint density at radius 2 is 2.00 bits per heavy atom. The summed E-state index contributed by atoms with van der Waals surface area (Å²) in [6.07, 6.45) is 8.01. The van der Waals surface area contributed by atoms with Crippen LogP contribution in [0, 0.1) is 5.82 Å². The average Bonchev–Trinajstić information content (AvgIpc) is 3.49. The molecule has 2 unspecified atom stereocenters. The van der Waals surface area contributed by atoms with E-state index in [2.05, 4.69) is 15.4 Å². The second-order valence-electron chi connectivity index (χ2n) is 10.3. The number of allylic oxidation sites excluding steroid dienone is 1. The summed E-state index contributed by atoms with van der Waals surface area (Å²) in [6, 6.07) is 4.24. The third kappa shape index (κ3) is 5.31. The first-order valence-corrected chi connectivity index (χ1v) is 13.3. The van der Waals surface area contributed by atoms with Crippen molar-refractivity contribution < 1.29 is 18.8 Å². The molecule has 0 spiro atoms. The highest BCUT2D eigenvalue weighted by Gasteiger charge is 2.28. The van der Waals surface area contributed by atoms with Crippen molar-refractivity contribution in [1.29, 1.82) is 0 Å². The molecular weight excluding hydrogens is 562 g/mol. The number of aromatic nitrogens is 5. The molecule has 13 heteroatoms. The van der Waals surface area contributed by atoms with Crippen LogP contribution >= 0.6 is 23.2 Å². The Morgan fingerprint density at radius 1 is 1.23 bits per heavy atom. The van der Waals surface area contributed by atoms with Crippen LogP contribution < -0.4 is 15.8 Å². The highest BCUT2D eigenvalue weighted by atomic mass is 35.5. The van der Waals surface area contributed by atoms with E-state index in [1.807, 2.05) is 23.2 Å². The van der Waals surface area contributed by atoms with Crippen molar-refractivity contribution >= 4 is 40.5 Å². The Kier molecular flexibility index (Phi) is 7.36. The Morgan fingerprint density at radius 3 is 2.70 bits per heavy atom. The second kappa shape index (κ2) is 10.6. The molecule has 0 saturated heterocycles. The molecule has 0 aliphatic carbocycles. The number of imidazole rings is 1. The molecule has 4 heterocycles. The monoisotopic (exact) mass is 588 g/mol. The number of halogens is 3. The van der Waals surface area contributed by atoms with Crippen LogP contribution in [0.2, 0.25) is 10.0 Å². The number of carbonyl (C=O) groups is 1. The Hall–Kier alpha value is -3.83. The lowest BCUT2D eigenvalue weighted by Gasteiger charge is -2.19. The number of pyridine rings is 1. The normalized spacial score (nSPS) is 16.1. The largest absolute Gasteiger partial charge is 0.443 e. The lowest BCUT2D eigenvalue weighted by atomic mass is 10.1. The van der Waals surface area contributed by atoms with Crippen LogP contribution in [0.4, 0.5) is 9.18 Å². The zero-order chi connectivity index (χ0) is 28.8. The zero-order valence-electron chi connectivity index (χ0n) is 22.2. The third-order valence-electron chi connectivity index (χ3n) is 6.26. The van der Waals surface area contributed by atoms with E-state index in [-0.39, 0.29) is 32.8 Å². The van der Waals surface area contributed by atoms with Crippen molar-refractivity contribution in [2.75, 3.05) is 6.54 Å². The van der Waals surface area contributed by atoms with Crippen LogP contribution in [-0.2, 0) is 4.74 Å². The molecule has 1 aliphatic heterocycles. The van der Waals surface area contributed by atoms with Crippen LogP contribution in [0.1, 0.15) is 51.8 Å². The number of benzene rings is 1. The molecule has 5 rings (SSSR count). The van der Waals surface area contributed by atoms with E-state index in [4.69, 9.17) is 32.8 Å². The third-order valence-corrected chi connectivity index (χ3v) is 6.98. The maximum absolute atomic E-state index is 14.2. The maximum Gasteiger partial charge on any atom is 0.424 e. The molecule has 210 valence electrons. The van der Waals surface area contributed by atoms with Gasteiger partial charge >= 0.3 is 11.8 Å². The Balaban J connectivity index is 1.61.